The van der Waals surface area contributed by atoms with Crippen LogP contribution in [0.3, 0.4) is 0 Å². The summed E-state index contributed by atoms with van der Waals surface area (Å²) in [6, 6.07) is 7.40. The lowest BCUT2D eigenvalue weighted by atomic mass is 10.2. The largest absolute Gasteiger partial charge is 0.381 e. The first-order valence-corrected chi connectivity index (χ1v) is 7.81. The molecular formula is C13H21N3O2S. The Balaban J connectivity index is 2.16. The summed E-state index contributed by atoms with van der Waals surface area (Å²) in [5.74, 6) is 0. The molecule has 19 heavy (non-hydrogen) atoms. The summed E-state index contributed by atoms with van der Waals surface area (Å²) in [7, 11) is 1.82. The number of anilines is 1. The van der Waals surface area contributed by atoms with Crippen LogP contribution in [-0.4, -0.2) is 57.9 Å². The highest BCUT2D eigenvalue weighted by atomic mass is 32.2. The number of hydrogen-bond acceptors (Lipinski definition) is 4. The molecule has 0 amide bonds. The molecule has 106 valence electrons. The predicted molar refractivity (Wildman–Crippen MR) is 76.8 cm³/mol. The molecule has 0 radical (unpaired) electrons. The van der Waals surface area contributed by atoms with Crippen molar-refractivity contribution in [1.29, 1.82) is 0 Å². The molecule has 6 heteroatoms. The predicted octanol–water partition coefficient (Wildman–Crippen LogP) is 1.05. The first kappa shape index (κ1) is 14.3. The third-order valence-corrected chi connectivity index (χ3v) is 5.19. The molecule has 1 fully saturated rings. The third-order valence-electron chi connectivity index (χ3n) is 3.37. The molecular weight excluding hydrogens is 262 g/mol. The van der Waals surface area contributed by atoms with Gasteiger partial charge in [0.1, 0.15) is 0 Å². The molecule has 1 aromatic rings. The van der Waals surface area contributed by atoms with E-state index in [1.54, 1.807) is 32.3 Å². The number of nitrogens with one attached hydrogen (secondary N) is 1. The summed E-state index contributed by atoms with van der Waals surface area (Å²) in [5, 5.41) is 3.40. The smallest absolute Gasteiger partial charge is 0.242 e. The number of likely N-dealkylation sites (N-methyl/N-ethyl adjacent to an activating group) is 1. The van der Waals surface area contributed by atoms with Crippen LogP contribution in [0.15, 0.2) is 29.2 Å². The van der Waals surface area contributed by atoms with E-state index in [2.05, 4.69) is 17.3 Å². The molecule has 2 rings (SSSR count). The quantitative estimate of drug-likeness (QED) is 0.897. The van der Waals surface area contributed by atoms with Gasteiger partial charge in [0.25, 0.3) is 0 Å². The molecule has 0 aliphatic carbocycles. The van der Waals surface area contributed by atoms with Gasteiger partial charge in [-0.25, -0.2) is 12.7 Å². The fourth-order valence-corrected chi connectivity index (χ4v) is 3.19. The number of nitrogens with zero attached hydrogens (tertiary/aromatic N) is 2. The number of hydrogen-bond donors (Lipinski definition) is 1. The van der Waals surface area contributed by atoms with Crippen LogP contribution in [0.1, 0.15) is 6.42 Å². The van der Waals surface area contributed by atoms with Gasteiger partial charge in [0.15, 0.2) is 0 Å². The topological polar surface area (TPSA) is 52.7 Å². The molecule has 0 aromatic heterocycles. The summed E-state index contributed by atoms with van der Waals surface area (Å²) in [6.45, 7) is 2.07. The fraction of sp³-hybridized carbons (Fsp3) is 0.538. The molecule has 1 unspecified atom stereocenters. The van der Waals surface area contributed by atoms with Crippen LogP contribution in [0.2, 0.25) is 0 Å². The van der Waals surface area contributed by atoms with E-state index in [1.165, 1.54) is 4.31 Å². The SMILES string of the molecule is CN1CCC(Nc2cccc(S(=O)(=O)N(C)C)c2)C1. The Morgan fingerprint density at radius 3 is 2.68 bits per heavy atom. The van der Waals surface area contributed by atoms with E-state index in [4.69, 9.17) is 0 Å². The molecule has 0 spiro atoms. The van der Waals surface area contributed by atoms with Crippen LogP contribution in [-0.2, 0) is 10.0 Å². The zero-order valence-corrected chi connectivity index (χ0v) is 12.4. The fourth-order valence-electron chi connectivity index (χ4n) is 2.25. The Hall–Kier alpha value is -1.11. The summed E-state index contributed by atoms with van der Waals surface area (Å²) in [4.78, 5) is 2.59. The van der Waals surface area contributed by atoms with E-state index in [0.717, 1.165) is 25.2 Å². The van der Waals surface area contributed by atoms with Crippen molar-refractivity contribution < 1.29 is 8.42 Å². The molecule has 1 atom stereocenters. The van der Waals surface area contributed by atoms with Crippen molar-refractivity contribution in [1.82, 2.24) is 9.21 Å². The minimum atomic E-state index is -3.36. The van der Waals surface area contributed by atoms with Gasteiger partial charge >= 0.3 is 0 Å². The van der Waals surface area contributed by atoms with Crippen molar-refractivity contribution in [3.63, 3.8) is 0 Å². The van der Waals surface area contributed by atoms with Crippen molar-refractivity contribution in [3.05, 3.63) is 24.3 Å². The van der Waals surface area contributed by atoms with Gasteiger partial charge in [0.2, 0.25) is 10.0 Å². The van der Waals surface area contributed by atoms with Gasteiger partial charge in [-0.3, -0.25) is 0 Å². The van der Waals surface area contributed by atoms with Gasteiger partial charge in [-0.1, -0.05) is 6.07 Å². The maximum atomic E-state index is 12.1. The number of benzene rings is 1. The standard InChI is InChI=1S/C13H21N3O2S/c1-15(2)19(17,18)13-6-4-5-11(9-13)14-12-7-8-16(3)10-12/h4-6,9,12,14H,7-8,10H2,1-3H3. The third kappa shape index (κ3) is 3.26. The molecule has 1 saturated heterocycles. The lowest BCUT2D eigenvalue weighted by Gasteiger charge is -2.16. The van der Waals surface area contributed by atoms with Gasteiger partial charge in [0, 0.05) is 32.4 Å². The lowest BCUT2D eigenvalue weighted by Crippen LogP contribution is -2.24. The highest BCUT2D eigenvalue weighted by Crippen LogP contribution is 2.20. The monoisotopic (exact) mass is 283 g/mol. The van der Waals surface area contributed by atoms with Crippen LogP contribution in [0, 0.1) is 0 Å². The zero-order chi connectivity index (χ0) is 14.0. The Morgan fingerprint density at radius 2 is 2.11 bits per heavy atom. The van der Waals surface area contributed by atoms with Crippen LogP contribution < -0.4 is 5.32 Å². The Labute approximate surface area is 115 Å². The number of rotatable bonds is 4. The van der Waals surface area contributed by atoms with Crippen molar-refractivity contribution in [2.45, 2.75) is 17.4 Å². The molecule has 0 bridgehead atoms. The van der Waals surface area contributed by atoms with E-state index in [0.29, 0.717) is 10.9 Å². The van der Waals surface area contributed by atoms with Gasteiger partial charge in [-0.15, -0.1) is 0 Å². The molecule has 0 saturated carbocycles. The van der Waals surface area contributed by atoms with Crippen molar-refractivity contribution >= 4 is 15.7 Å². The van der Waals surface area contributed by atoms with Crippen LogP contribution in [0.5, 0.6) is 0 Å². The second-order valence-electron chi connectivity index (χ2n) is 5.21. The second kappa shape index (κ2) is 5.48. The average molecular weight is 283 g/mol. The molecule has 1 aliphatic heterocycles. The molecule has 1 heterocycles. The summed E-state index contributed by atoms with van der Waals surface area (Å²) >= 11 is 0. The van der Waals surface area contributed by atoms with Crippen molar-refractivity contribution in [2.24, 2.45) is 0 Å². The minimum Gasteiger partial charge on any atom is -0.381 e. The first-order valence-electron chi connectivity index (χ1n) is 6.37. The molecule has 1 aliphatic rings. The average Bonchev–Trinajstić information content (AvgIpc) is 2.75. The first-order chi connectivity index (χ1) is 8.89. The normalized spacial score (nSPS) is 20.9. The van der Waals surface area contributed by atoms with E-state index < -0.39 is 10.0 Å². The van der Waals surface area contributed by atoms with Gasteiger partial charge in [-0.2, -0.15) is 0 Å². The summed E-state index contributed by atoms with van der Waals surface area (Å²) in [5.41, 5.74) is 0.864. The van der Waals surface area contributed by atoms with E-state index >= 15 is 0 Å². The number of likely N-dealkylation sites (tertiary alicyclic amines) is 1. The van der Waals surface area contributed by atoms with Crippen LogP contribution >= 0.6 is 0 Å². The Bertz CT molecular complexity index is 543. The molecule has 1 aromatic carbocycles. The summed E-state index contributed by atoms with van der Waals surface area (Å²) in [6.07, 6.45) is 1.08. The van der Waals surface area contributed by atoms with Crippen LogP contribution in [0.4, 0.5) is 5.69 Å². The van der Waals surface area contributed by atoms with E-state index in [-0.39, 0.29) is 0 Å². The van der Waals surface area contributed by atoms with Gasteiger partial charge in [-0.05, 0) is 38.2 Å². The van der Waals surface area contributed by atoms with E-state index in [9.17, 15) is 8.42 Å². The summed E-state index contributed by atoms with van der Waals surface area (Å²) < 4.78 is 25.4. The molecule has 5 nitrogen and oxygen atoms in total. The minimum absolute atomic E-state index is 0.328. The Kier molecular flexibility index (Phi) is 4.13. The second-order valence-corrected chi connectivity index (χ2v) is 7.36. The Morgan fingerprint density at radius 1 is 1.37 bits per heavy atom. The maximum absolute atomic E-state index is 12.1. The van der Waals surface area contributed by atoms with Crippen LogP contribution in [0.25, 0.3) is 0 Å². The van der Waals surface area contributed by atoms with E-state index in [1.807, 2.05) is 6.07 Å². The van der Waals surface area contributed by atoms with Gasteiger partial charge in [0.05, 0.1) is 4.90 Å². The lowest BCUT2D eigenvalue weighted by molar-refractivity contribution is 0.414. The van der Waals surface area contributed by atoms with Gasteiger partial charge < -0.3 is 10.2 Å². The number of sulfonamides is 1. The zero-order valence-electron chi connectivity index (χ0n) is 11.6. The molecule has 1 N–H and O–H groups in total. The van der Waals surface area contributed by atoms with Crippen molar-refractivity contribution in [3.8, 4) is 0 Å². The maximum Gasteiger partial charge on any atom is 0.242 e. The van der Waals surface area contributed by atoms with Crippen molar-refractivity contribution in [2.75, 3.05) is 39.5 Å². The highest BCUT2D eigenvalue weighted by Gasteiger charge is 2.21. The highest BCUT2D eigenvalue weighted by molar-refractivity contribution is 7.89.